The summed E-state index contributed by atoms with van der Waals surface area (Å²) >= 11 is 0. The predicted octanol–water partition coefficient (Wildman–Crippen LogP) is 4.29. The average Bonchev–Trinajstić information content (AvgIpc) is 2.96. The lowest BCUT2D eigenvalue weighted by atomic mass is 10.1. The minimum atomic E-state index is -4.30. The number of nitrogens with one attached hydrogen (secondary N) is 1. The van der Waals surface area contributed by atoms with Gasteiger partial charge in [-0.15, -0.1) is 0 Å². The Morgan fingerprint density at radius 3 is 2.17 bits per heavy atom. The molecule has 0 aliphatic heterocycles. The van der Waals surface area contributed by atoms with E-state index in [9.17, 15) is 22.4 Å². The highest BCUT2D eigenvalue weighted by Crippen LogP contribution is 2.36. The SMILES string of the molecule is CCNC(=O)[C@H](CC)N(Cc1ccc(F)cc1)C(=O)CN(c1cc(OC)ccc1OC)S(=O)(=O)c1ccc(C)cc1. The monoisotopic (exact) mass is 585 g/mol. The minimum absolute atomic E-state index is 0.0263. The van der Waals surface area contributed by atoms with Crippen molar-refractivity contribution in [2.75, 3.05) is 31.6 Å². The molecule has 0 aliphatic carbocycles. The van der Waals surface area contributed by atoms with E-state index in [2.05, 4.69) is 5.32 Å². The van der Waals surface area contributed by atoms with Gasteiger partial charge in [0.1, 0.15) is 29.9 Å². The number of carbonyl (C=O) groups excluding carboxylic acids is 2. The molecule has 1 atom stereocenters. The maximum Gasteiger partial charge on any atom is 0.264 e. The Balaban J connectivity index is 2.14. The summed E-state index contributed by atoms with van der Waals surface area (Å²) in [5.74, 6) is -0.891. The van der Waals surface area contributed by atoms with E-state index in [-0.39, 0.29) is 35.2 Å². The number of likely N-dealkylation sites (N-methyl/N-ethyl adjacent to an activating group) is 1. The first kappa shape index (κ1) is 31.4. The highest BCUT2D eigenvalue weighted by molar-refractivity contribution is 7.92. The molecule has 11 heteroatoms. The maximum atomic E-state index is 14.1. The van der Waals surface area contributed by atoms with Gasteiger partial charge in [-0.1, -0.05) is 36.8 Å². The second-order valence-corrected chi connectivity index (χ2v) is 11.2. The Kier molecular flexibility index (Phi) is 10.7. The zero-order valence-electron chi connectivity index (χ0n) is 23.9. The molecule has 0 bridgehead atoms. The van der Waals surface area contributed by atoms with Crippen molar-refractivity contribution in [2.45, 2.75) is 44.7 Å². The van der Waals surface area contributed by atoms with E-state index in [0.29, 0.717) is 17.9 Å². The van der Waals surface area contributed by atoms with Crippen molar-refractivity contribution in [1.29, 1.82) is 0 Å². The average molecular weight is 586 g/mol. The van der Waals surface area contributed by atoms with Gasteiger partial charge in [-0.3, -0.25) is 13.9 Å². The fraction of sp³-hybridized carbons (Fsp3) is 0.333. The molecular formula is C30H36FN3O6S. The van der Waals surface area contributed by atoms with Crippen LogP contribution in [0, 0.1) is 12.7 Å². The first-order valence-corrected chi connectivity index (χ1v) is 14.6. The topological polar surface area (TPSA) is 105 Å². The number of rotatable bonds is 13. The normalized spacial score (nSPS) is 11.9. The summed E-state index contributed by atoms with van der Waals surface area (Å²) < 4.78 is 53.5. The summed E-state index contributed by atoms with van der Waals surface area (Å²) in [5.41, 5.74) is 1.53. The third kappa shape index (κ3) is 7.55. The molecule has 9 nitrogen and oxygen atoms in total. The van der Waals surface area contributed by atoms with Gasteiger partial charge in [0.25, 0.3) is 10.0 Å². The van der Waals surface area contributed by atoms with Crippen LogP contribution in [0.3, 0.4) is 0 Å². The van der Waals surface area contributed by atoms with Crippen molar-refractivity contribution in [1.82, 2.24) is 10.2 Å². The Labute approximate surface area is 240 Å². The van der Waals surface area contributed by atoms with E-state index < -0.39 is 34.3 Å². The number of methoxy groups -OCH3 is 2. The van der Waals surface area contributed by atoms with Crippen LogP contribution in [-0.2, 0) is 26.2 Å². The van der Waals surface area contributed by atoms with Crippen molar-refractivity contribution in [2.24, 2.45) is 0 Å². The lowest BCUT2D eigenvalue weighted by molar-refractivity contribution is -0.140. The number of benzene rings is 3. The molecule has 3 aromatic rings. The van der Waals surface area contributed by atoms with Crippen molar-refractivity contribution < 1.29 is 31.9 Å². The summed E-state index contributed by atoms with van der Waals surface area (Å²) in [5, 5.41) is 2.75. The third-order valence-corrected chi connectivity index (χ3v) is 8.32. The van der Waals surface area contributed by atoms with Gasteiger partial charge in [-0.25, -0.2) is 12.8 Å². The summed E-state index contributed by atoms with van der Waals surface area (Å²) in [6, 6.07) is 15.6. The standard InChI is InChI=1S/C30H36FN3O6S/c1-6-26(30(36)32-7-2)33(19-22-10-12-23(31)13-11-22)29(35)20-34(27-18-24(39-4)14-17-28(27)40-5)41(37,38)25-15-8-21(3)9-16-25/h8-18,26H,6-7,19-20H2,1-5H3,(H,32,36)/t26-/m0/s1. The number of aryl methyl sites for hydroxylation is 1. The Hall–Kier alpha value is -4.12. The molecule has 0 heterocycles. The van der Waals surface area contributed by atoms with Gasteiger partial charge in [-0.05, 0) is 62.2 Å². The number of sulfonamides is 1. The second-order valence-electron chi connectivity index (χ2n) is 9.33. The Morgan fingerprint density at radius 1 is 0.951 bits per heavy atom. The summed E-state index contributed by atoms with van der Waals surface area (Å²) in [6.45, 7) is 5.03. The van der Waals surface area contributed by atoms with Crippen LogP contribution in [-0.4, -0.2) is 58.5 Å². The third-order valence-electron chi connectivity index (χ3n) is 6.55. The van der Waals surface area contributed by atoms with Crippen LogP contribution in [0.4, 0.5) is 10.1 Å². The second kappa shape index (κ2) is 14.0. The number of amides is 2. The van der Waals surface area contributed by atoms with E-state index in [0.717, 1.165) is 9.87 Å². The molecule has 0 unspecified atom stereocenters. The molecule has 41 heavy (non-hydrogen) atoms. The van der Waals surface area contributed by atoms with Crippen LogP contribution in [0.25, 0.3) is 0 Å². The van der Waals surface area contributed by atoms with Gasteiger partial charge < -0.3 is 19.7 Å². The molecule has 220 valence electrons. The van der Waals surface area contributed by atoms with Gasteiger partial charge in [0, 0.05) is 19.2 Å². The van der Waals surface area contributed by atoms with E-state index in [1.165, 1.54) is 61.6 Å². The lowest BCUT2D eigenvalue weighted by Gasteiger charge is -2.33. The molecule has 3 rings (SSSR count). The molecule has 0 aromatic heterocycles. The van der Waals surface area contributed by atoms with Crippen LogP contribution in [0.2, 0.25) is 0 Å². The smallest absolute Gasteiger partial charge is 0.264 e. The molecular weight excluding hydrogens is 549 g/mol. The number of ether oxygens (including phenoxy) is 2. The lowest BCUT2D eigenvalue weighted by Crippen LogP contribution is -2.52. The zero-order valence-corrected chi connectivity index (χ0v) is 24.7. The Morgan fingerprint density at radius 2 is 1.61 bits per heavy atom. The minimum Gasteiger partial charge on any atom is -0.497 e. The summed E-state index contributed by atoms with van der Waals surface area (Å²) in [6.07, 6.45) is 0.270. The molecule has 0 radical (unpaired) electrons. The number of carbonyl (C=O) groups is 2. The number of halogens is 1. The van der Waals surface area contributed by atoms with Gasteiger partial charge in [-0.2, -0.15) is 0 Å². The molecule has 1 N–H and O–H groups in total. The van der Waals surface area contributed by atoms with E-state index >= 15 is 0 Å². The van der Waals surface area contributed by atoms with Gasteiger partial charge in [0.2, 0.25) is 11.8 Å². The van der Waals surface area contributed by atoms with Crippen LogP contribution >= 0.6 is 0 Å². The summed E-state index contributed by atoms with van der Waals surface area (Å²) in [4.78, 5) is 28.4. The molecule has 0 saturated heterocycles. The van der Waals surface area contributed by atoms with Crippen molar-refractivity contribution in [3.63, 3.8) is 0 Å². The van der Waals surface area contributed by atoms with E-state index in [1.807, 2.05) is 6.92 Å². The first-order chi connectivity index (χ1) is 19.5. The molecule has 0 spiro atoms. The molecule has 2 amide bonds. The number of nitrogens with zero attached hydrogens (tertiary/aromatic N) is 2. The molecule has 0 aliphatic rings. The largest absolute Gasteiger partial charge is 0.497 e. The summed E-state index contributed by atoms with van der Waals surface area (Å²) in [7, 11) is -1.46. The van der Waals surface area contributed by atoms with Crippen LogP contribution in [0.15, 0.2) is 71.6 Å². The van der Waals surface area contributed by atoms with Crippen molar-refractivity contribution in [3.8, 4) is 11.5 Å². The first-order valence-electron chi connectivity index (χ1n) is 13.2. The van der Waals surface area contributed by atoms with Crippen molar-refractivity contribution in [3.05, 3.63) is 83.7 Å². The van der Waals surface area contributed by atoms with Crippen molar-refractivity contribution >= 4 is 27.5 Å². The number of anilines is 1. The fourth-order valence-corrected chi connectivity index (χ4v) is 5.76. The quantitative estimate of drug-likeness (QED) is 0.321. The number of hydrogen-bond donors (Lipinski definition) is 1. The highest BCUT2D eigenvalue weighted by Gasteiger charge is 2.35. The predicted molar refractivity (Wildman–Crippen MR) is 155 cm³/mol. The zero-order chi connectivity index (χ0) is 30.2. The van der Waals surface area contributed by atoms with Gasteiger partial charge >= 0.3 is 0 Å². The van der Waals surface area contributed by atoms with Crippen LogP contribution in [0.1, 0.15) is 31.4 Å². The van der Waals surface area contributed by atoms with Crippen LogP contribution < -0.4 is 19.1 Å². The Bertz CT molecular complexity index is 1450. The molecule has 0 fully saturated rings. The number of hydrogen-bond acceptors (Lipinski definition) is 6. The highest BCUT2D eigenvalue weighted by atomic mass is 32.2. The maximum absolute atomic E-state index is 14.1. The molecule has 3 aromatic carbocycles. The van der Waals surface area contributed by atoms with E-state index in [4.69, 9.17) is 9.47 Å². The fourth-order valence-electron chi connectivity index (χ4n) is 4.34. The van der Waals surface area contributed by atoms with Gasteiger partial charge in [0.05, 0.1) is 24.8 Å². The van der Waals surface area contributed by atoms with Crippen LogP contribution in [0.5, 0.6) is 11.5 Å². The van der Waals surface area contributed by atoms with Gasteiger partial charge in [0.15, 0.2) is 0 Å². The van der Waals surface area contributed by atoms with E-state index in [1.54, 1.807) is 38.1 Å². The molecule has 0 saturated carbocycles.